The molecule has 0 spiro atoms. The van der Waals surface area contributed by atoms with Gasteiger partial charge >= 0.3 is 0 Å². The number of rotatable bonds is 3. The Morgan fingerprint density at radius 2 is 1.96 bits per heavy atom. The largest absolute Gasteiger partial charge is 0.313 e. The number of piperidine rings is 1. The fraction of sp³-hybridized carbons (Fsp3) is 0.300. The summed E-state index contributed by atoms with van der Waals surface area (Å²) in [4.78, 5) is 12.6. The minimum atomic E-state index is -0.0471. The molecule has 2 heterocycles. The third-order valence-electron chi connectivity index (χ3n) is 5.09. The van der Waals surface area contributed by atoms with Crippen molar-refractivity contribution in [1.29, 1.82) is 0 Å². The molecule has 1 amide bonds. The van der Waals surface area contributed by atoms with E-state index in [1.807, 2.05) is 36.4 Å². The number of H-pyrrole nitrogens is 1. The number of benzene rings is 2. The van der Waals surface area contributed by atoms with Gasteiger partial charge in [-0.25, -0.2) is 0 Å². The highest BCUT2D eigenvalue weighted by atomic mass is 35.5. The summed E-state index contributed by atoms with van der Waals surface area (Å²) in [6.07, 6.45) is 1.87. The van der Waals surface area contributed by atoms with Crippen molar-refractivity contribution in [3.63, 3.8) is 0 Å². The third kappa shape index (κ3) is 3.68. The lowest BCUT2D eigenvalue weighted by Gasteiger charge is -2.26. The number of aromatic amines is 1. The topological polar surface area (TPSA) is 69.8 Å². The van der Waals surface area contributed by atoms with Crippen LogP contribution < -0.4 is 10.6 Å². The van der Waals surface area contributed by atoms with Crippen LogP contribution in [0.5, 0.6) is 0 Å². The first-order valence-electron chi connectivity index (χ1n) is 8.99. The second-order valence-electron chi connectivity index (χ2n) is 7.00. The molecule has 1 saturated heterocycles. The molecule has 3 N–H and O–H groups in total. The van der Waals surface area contributed by atoms with Crippen LogP contribution in [0, 0.1) is 5.92 Å². The van der Waals surface area contributed by atoms with Gasteiger partial charge in [0.2, 0.25) is 5.91 Å². The molecule has 0 unspecified atom stereocenters. The molecular weight excluding hydrogens is 383 g/mol. The maximum absolute atomic E-state index is 12.6. The number of nitrogens with one attached hydrogen (secondary N) is 3. The van der Waals surface area contributed by atoms with E-state index in [4.69, 9.17) is 23.2 Å². The van der Waals surface area contributed by atoms with Crippen molar-refractivity contribution in [1.82, 2.24) is 15.5 Å². The Bertz CT molecular complexity index is 973. The number of carbonyl (C=O) groups excluding carboxylic acids is 1. The van der Waals surface area contributed by atoms with Crippen molar-refractivity contribution in [2.75, 3.05) is 11.9 Å². The monoisotopic (exact) mass is 402 g/mol. The summed E-state index contributed by atoms with van der Waals surface area (Å²) in [5.41, 5.74) is 2.49. The van der Waals surface area contributed by atoms with E-state index in [0.717, 1.165) is 34.9 Å². The Hall–Kier alpha value is -2.08. The average molecular weight is 403 g/mol. The molecule has 1 aromatic heterocycles. The number of amides is 1. The van der Waals surface area contributed by atoms with E-state index in [-0.39, 0.29) is 11.8 Å². The number of halogens is 2. The minimum Gasteiger partial charge on any atom is -0.313 e. The first-order valence-corrected chi connectivity index (χ1v) is 9.75. The number of fused-ring (bicyclic) bond motifs is 1. The molecule has 140 valence electrons. The molecule has 3 aromatic rings. The normalized spacial score (nSPS) is 20.0. The van der Waals surface area contributed by atoms with E-state index in [9.17, 15) is 4.79 Å². The van der Waals surface area contributed by atoms with Crippen molar-refractivity contribution >= 4 is 45.8 Å². The van der Waals surface area contributed by atoms with Crippen LogP contribution in [0.2, 0.25) is 10.0 Å². The van der Waals surface area contributed by atoms with Gasteiger partial charge in [-0.2, -0.15) is 5.10 Å². The molecule has 0 aliphatic carbocycles. The summed E-state index contributed by atoms with van der Waals surface area (Å²) in [6, 6.07) is 11.7. The highest BCUT2D eigenvalue weighted by Gasteiger charge is 2.25. The van der Waals surface area contributed by atoms with Crippen molar-refractivity contribution < 1.29 is 4.79 Å². The van der Waals surface area contributed by atoms with Crippen LogP contribution in [0.15, 0.2) is 36.4 Å². The lowest BCUT2D eigenvalue weighted by Crippen LogP contribution is -2.41. The van der Waals surface area contributed by atoms with Crippen LogP contribution in [-0.2, 0) is 4.79 Å². The lowest BCUT2D eigenvalue weighted by atomic mass is 9.95. The van der Waals surface area contributed by atoms with E-state index in [1.54, 1.807) is 0 Å². The highest BCUT2D eigenvalue weighted by molar-refractivity contribution is 6.39. The number of carbonyl (C=O) groups is 1. The zero-order chi connectivity index (χ0) is 19.0. The van der Waals surface area contributed by atoms with Crippen LogP contribution in [0.4, 0.5) is 5.82 Å². The predicted octanol–water partition coefficient (Wildman–Crippen LogP) is 4.86. The van der Waals surface area contributed by atoms with Gasteiger partial charge in [-0.15, -0.1) is 0 Å². The van der Waals surface area contributed by atoms with E-state index in [0.29, 0.717) is 28.4 Å². The van der Waals surface area contributed by atoms with E-state index >= 15 is 0 Å². The number of nitrogens with zero attached hydrogens (tertiary/aromatic N) is 1. The predicted molar refractivity (Wildman–Crippen MR) is 110 cm³/mol. The Balaban J connectivity index is 1.64. The fourth-order valence-electron chi connectivity index (χ4n) is 3.48. The molecule has 0 saturated carbocycles. The summed E-state index contributed by atoms with van der Waals surface area (Å²) in [6.45, 7) is 2.83. The van der Waals surface area contributed by atoms with Crippen molar-refractivity contribution in [3.8, 4) is 11.1 Å². The van der Waals surface area contributed by atoms with E-state index in [2.05, 4.69) is 27.8 Å². The standard InChI is InChI=1S/C20H20Cl2N4O/c1-11-5-6-13(10-23-11)20(27)24-19-14-9-12(7-8-17(14)25-26-19)18-15(21)3-2-4-16(18)22/h2-4,7-9,11,13,23H,5-6,10H2,1H3,(H2,24,25,26,27)/t11-,13+/m0/s1. The SMILES string of the molecule is C[C@H]1CC[C@@H](C(=O)Nc2n[nH]c3ccc(-c4c(Cl)cccc4Cl)cc23)CN1. The summed E-state index contributed by atoms with van der Waals surface area (Å²) in [5, 5.41) is 15.6. The molecule has 0 radical (unpaired) electrons. The van der Waals surface area contributed by atoms with Gasteiger partial charge in [-0.1, -0.05) is 35.3 Å². The third-order valence-corrected chi connectivity index (χ3v) is 5.72. The minimum absolute atomic E-state index is 0.0102. The molecule has 4 rings (SSSR count). The number of hydrogen-bond donors (Lipinski definition) is 3. The molecule has 27 heavy (non-hydrogen) atoms. The van der Waals surface area contributed by atoms with Crippen molar-refractivity contribution in [2.45, 2.75) is 25.8 Å². The highest BCUT2D eigenvalue weighted by Crippen LogP contribution is 2.36. The van der Waals surface area contributed by atoms with Crippen molar-refractivity contribution in [3.05, 3.63) is 46.4 Å². The quantitative estimate of drug-likeness (QED) is 0.585. The Labute approximate surface area is 167 Å². The fourth-order valence-corrected chi connectivity index (χ4v) is 4.10. The van der Waals surface area contributed by atoms with Gasteiger partial charge in [-0.3, -0.25) is 9.89 Å². The Kier molecular flexibility index (Phi) is 5.08. The second kappa shape index (κ2) is 7.50. The molecule has 7 heteroatoms. The van der Waals surface area contributed by atoms with Gasteiger partial charge in [0.25, 0.3) is 0 Å². The zero-order valence-electron chi connectivity index (χ0n) is 14.9. The maximum atomic E-state index is 12.6. The lowest BCUT2D eigenvalue weighted by molar-refractivity contribution is -0.120. The van der Waals surface area contributed by atoms with Gasteiger partial charge in [0.15, 0.2) is 5.82 Å². The molecule has 1 aliphatic rings. The number of anilines is 1. The summed E-state index contributed by atoms with van der Waals surface area (Å²) < 4.78 is 0. The molecule has 1 fully saturated rings. The number of hydrogen-bond acceptors (Lipinski definition) is 3. The van der Waals surface area contributed by atoms with Gasteiger partial charge in [0.1, 0.15) is 0 Å². The van der Waals surface area contributed by atoms with E-state index in [1.165, 1.54) is 0 Å². The summed E-state index contributed by atoms with van der Waals surface area (Å²) >= 11 is 12.7. The molecule has 2 atom stereocenters. The zero-order valence-corrected chi connectivity index (χ0v) is 16.4. The first kappa shape index (κ1) is 18.3. The van der Waals surface area contributed by atoms with E-state index < -0.39 is 0 Å². The van der Waals surface area contributed by atoms with Crippen LogP contribution in [0.25, 0.3) is 22.0 Å². The first-order chi connectivity index (χ1) is 13.0. The van der Waals surface area contributed by atoms with Gasteiger partial charge in [0.05, 0.1) is 11.4 Å². The van der Waals surface area contributed by atoms with Crippen molar-refractivity contribution in [2.24, 2.45) is 5.92 Å². The van der Waals surface area contributed by atoms with Crippen LogP contribution in [-0.4, -0.2) is 28.7 Å². The average Bonchev–Trinajstić information content (AvgIpc) is 3.04. The molecule has 1 aliphatic heterocycles. The Morgan fingerprint density at radius 1 is 1.19 bits per heavy atom. The molecule has 0 bridgehead atoms. The number of aromatic nitrogens is 2. The van der Waals surface area contributed by atoms with Crippen LogP contribution in [0.1, 0.15) is 19.8 Å². The molecule has 5 nitrogen and oxygen atoms in total. The molecule has 2 aromatic carbocycles. The smallest absolute Gasteiger partial charge is 0.229 e. The second-order valence-corrected chi connectivity index (χ2v) is 7.82. The maximum Gasteiger partial charge on any atom is 0.229 e. The van der Waals surface area contributed by atoms with Crippen LogP contribution in [0.3, 0.4) is 0 Å². The van der Waals surface area contributed by atoms with Gasteiger partial charge < -0.3 is 10.6 Å². The summed E-state index contributed by atoms with van der Waals surface area (Å²) in [5.74, 6) is 0.469. The molecular formula is C20H20Cl2N4O. The van der Waals surface area contributed by atoms with Crippen LogP contribution >= 0.6 is 23.2 Å². The Morgan fingerprint density at radius 3 is 2.67 bits per heavy atom. The van der Waals surface area contributed by atoms with Gasteiger partial charge in [0, 0.05) is 33.6 Å². The van der Waals surface area contributed by atoms with Gasteiger partial charge in [-0.05, 0) is 49.6 Å². The summed E-state index contributed by atoms with van der Waals surface area (Å²) in [7, 11) is 0.